The van der Waals surface area contributed by atoms with Crippen LogP contribution in [-0.2, 0) is 9.59 Å². The zero-order valence-corrected chi connectivity index (χ0v) is 13.5. The molecule has 0 aliphatic heterocycles. The molecule has 0 unspecified atom stereocenters. The fourth-order valence-corrected chi connectivity index (χ4v) is 3.92. The first-order valence-corrected chi connectivity index (χ1v) is 8.38. The summed E-state index contributed by atoms with van der Waals surface area (Å²) in [5.74, 6) is 0.463. The number of carbonyl (C=O) groups excluding carboxylic acids is 2. The summed E-state index contributed by atoms with van der Waals surface area (Å²) in [5.41, 5.74) is 0.179. The molecule has 2 aliphatic rings. The van der Waals surface area contributed by atoms with Gasteiger partial charge in [0, 0.05) is 11.3 Å². The third kappa shape index (κ3) is 3.71. The zero-order chi connectivity index (χ0) is 14.8. The van der Waals surface area contributed by atoms with Crippen LogP contribution in [0.25, 0.3) is 0 Å². The third-order valence-corrected chi connectivity index (χ3v) is 5.59. The van der Waals surface area contributed by atoms with Crippen LogP contribution in [0.5, 0.6) is 0 Å². The van der Waals surface area contributed by atoms with E-state index in [0.717, 1.165) is 12.8 Å². The molecule has 2 nitrogen and oxygen atoms in total. The van der Waals surface area contributed by atoms with E-state index in [-0.39, 0.29) is 29.3 Å². The first kappa shape index (κ1) is 15.7. The normalized spacial score (nSPS) is 23.8. The van der Waals surface area contributed by atoms with Gasteiger partial charge in [-0.05, 0) is 43.9 Å². The summed E-state index contributed by atoms with van der Waals surface area (Å²) in [4.78, 5) is 24.3. The summed E-state index contributed by atoms with van der Waals surface area (Å²) in [6.45, 7) is 5.71. The van der Waals surface area contributed by atoms with Gasteiger partial charge in [-0.25, -0.2) is 0 Å². The van der Waals surface area contributed by atoms with Gasteiger partial charge in [0.05, 0.1) is 6.42 Å². The van der Waals surface area contributed by atoms with Crippen molar-refractivity contribution < 1.29 is 9.59 Å². The maximum absolute atomic E-state index is 12.3. The topological polar surface area (TPSA) is 34.1 Å². The Morgan fingerprint density at radius 3 is 2.00 bits per heavy atom. The maximum atomic E-state index is 12.3. The van der Waals surface area contributed by atoms with Crippen LogP contribution in [0.1, 0.15) is 85.0 Å². The molecule has 0 aromatic rings. The minimum atomic E-state index is -0.380. The van der Waals surface area contributed by atoms with Crippen molar-refractivity contribution in [2.24, 2.45) is 16.7 Å². The average molecular weight is 278 g/mol. The lowest BCUT2D eigenvalue weighted by Crippen LogP contribution is -2.33. The lowest BCUT2D eigenvalue weighted by Gasteiger charge is -2.42. The predicted octanol–water partition coefficient (Wildman–Crippen LogP) is 4.70. The van der Waals surface area contributed by atoms with Crippen molar-refractivity contribution in [1.29, 1.82) is 0 Å². The van der Waals surface area contributed by atoms with Gasteiger partial charge in [0.15, 0.2) is 0 Å². The molecule has 0 atom stereocenters. The van der Waals surface area contributed by atoms with Crippen molar-refractivity contribution in [2.75, 3.05) is 0 Å². The molecule has 0 aromatic heterocycles. The Morgan fingerprint density at radius 1 is 0.950 bits per heavy atom. The van der Waals surface area contributed by atoms with Crippen LogP contribution in [-0.4, -0.2) is 11.6 Å². The van der Waals surface area contributed by atoms with Gasteiger partial charge in [0.25, 0.3) is 0 Å². The van der Waals surface area contributed by atoms with Gasteiger partial charge in [-0.3, -0.25) is 9.59 Å². The first-order valence-electron chi connectivity index (χ1n) is 8.38. The molecule has 114 valence electrons. The van der Waals surface area contributed by atoms with Crippen LogP contribution in [0.3, 0.4) is 0 Å². The standard InChI is InChI=1S/C18H30O2/c1-17(2,3)16(20)13-15(19)14-7-11-18(12-8-14)9-5-4-6-10-18/h14H,4-13H2,1-3H3. The van der Waals surface area contributed by atoms with Gasteiger partial charge >= 0.3 is 0 Å². The second-order valence-electron chi connectivity index (χ2n) is 8.15. The fraction of sp³-hybridized carbons (Fsp3) is 0.889. The number of ketones is 2. The van der Waals surface area contributed by atoms with Gasteiger partial charge in [0.1, 0.15) is 11.6 Å². The predicted molar refractivity (Wildman–Crippen MR) is 81.6 cm³/mol. The smallest absolute Gasteiger partial charge is 0.145 e. The first-order chi connectivity index (χ1) is 9.32. The van der Waals surface area contributed by atoms with Crippen molar-refractivity contribution in [3.63, 3.8) is 0 Å². The zero-order valence-electron chi connectivity index (χ0n) is 13.5. The highest BCUT2D eigenvalue weighted by atomic mass is 16.1. The molecule has 2 fully saturated rings. The highest BCUT2D eigenvalue weighted by Crippen LogP contribution is 2.49. The number of carbonyl (C=O) groups is 2. The van der Waals surface area contributed by atoms with Crippen molar-refractivity contribution in [2.45, 2.75) is 85.0 Å². The maximum Gasteiger partial charge on any atom is 0.145 e. The van der Waals surface area contributed by atoms with Gasteiger partial charge < -0.3 is 0 Å². The second kappa shape index (κ2) is 5.99. The molecule has 0 saturated heterocycles. The molecule has 2 heteroatoms. The molecule has 0 aromatic carbocycles. The Morgan fingerprint density at radius 2 is 1.50 bits per heavy atom. The molecule has 2 aliphatic carbocycles. The van der Waals surface area contributed by atoms with Crippen LogP contribution < -0.4 is 0 Å². The van der Waals surface area contributed by atoms with E-state index < -0.39 is 0 Å². The van der Waals surface area contributed by atoms with Crippen molar-refractivity contribution in [3.8, 4) is 0 Å². The van der Waals surface area contributed by atoms with E-state index >= 15 is 0 Å². The van der Waals surface area contributed by atoms with E-state index in [9.17, 15) is 9.59 Å². The van der Waals surface area contributed by atoms with E-state index in [1.807, 2.05) is 20.8 Å². The lowest BCUT2D eigenvalue weighted by molar-refractivity contribution is -0.134. The molecular formula is C18H30O2. The molecule has 0 heterocycles. The molecular weight excluding hydrogens is 248 g/mol. The molecule has 20 heavy (non-hydrogen) atoms. The number of Topliss-reactive ketones (excluding diaryl/α,β-unsaturated/α-hetero) is 2. The van der Waals surface area contributed by atoms with Crippen molar-refractivity contribution in [1.82, 2.24) is 0 Å². The molecule has 0 N–H and O–H groups in total. The number of hydrogen-bond donors (Lipinski definition) is 0. The van der Waals surface area contributed by atoms with Crippen molar-refractivity contribution in [3.05, 3.63) is 0 Å². The second-order valence-corrected chi connectivity index (χ2v) is 8.15. The van der Waals surface area contributed by atoms with Gasteiger partial charge in [-0.15, -0.1) is 0 Å². The number of rotatable bonds is 3. The van der Waals surface area contributed by atoms with E-state index in [2.05, 4.69) is 0 Å². The number of hydrogen-bond acceptors (Lipinski definition) is 2. The van der Waals surface area contributed by atoms with E-state index in [0.29, 0.717) is 5.41 Å². The largest absolute Gasteiger partial charge is 0.299 e. The molecule has 2 saturated carbocycles. The van der Waals surface area contributed by atoms with Crippen LogP contribution in [0.4, 0.5) is 0 Å². The monoisotopic (exact) mass is 278 g/mol. The lowest BCUT2D eigenvalue weighted by atomic mass is 9.62. The summed E-state index contributed by atoms with van der Waals surface area (Å²) >= 11 is 0. The third-order valence-electron chi connectivity index (χ3n) is 5.59. The highest BCUT2D eigenvalue weighted by Gasteiger charge is 2.38. The Labute approximate surface area is 123 Å². The Kier molecular flexibility index (Phi) is 4.71. The fourth-order valence-electron chi connectivity index (χ4n) is 3.92. The van der Waals surface area contributed by atoms with E-state index in [1.165, 1.54) is 44.9 Å². The van der Waals surface area contributed by atoms with Gasteiger partial charge in [-0.2, -0.15) is 0 Å². The van der Waals surface area contributed by atoms with Gasteiger partial charge in [0.2, 0.25) is 0 Å². The highest BCUT2D eigenvalue weighted by molar-refractivity contribution is 6.02. The average Bonchev–Trinajstić information content (AvgIpc) is 2.39. The van der Waals surface area contributed by atoms with Crippen LogP contribution in [0, 0.1) is 16.7 Å². The Hall–Kier alpha value is -0.660. The summed E-state index contributed by atoms with van der Waals surface area (Å²) in [5, 5.41) is 0. The van der Waals surface area contributed by atoms with Crippen LogP contribution in [0.2, 0.25) is 0 Å². The Bertz CT molecular complexity index is 359. The SMILES string of the molecule is CC(C)(C)C(=O)CC(=O)C1CCC2(CCCCC2)CC1. The van der Waals surface area contributed by atoms with Crippen LogP contribution in [0.15, 0.2) is 0 Å². The molecule has 0 radical (unpaired) electrons. The minimum absolute atomic E-state index is 0.0976. The molecule has 0 bridgehead atoms. The molecule has 0 amide bonds. The van der Waals surface area contributed by atoms with E-state index in [1.54, 1.807) is 0 Å². The molecule has 2 rings (SSSR count). The van der Waals surface area contributed by atoms with Crippen LogP contribution >= 0.6 is 0 Å². The summed E-state index contributed by atoms with van der Waals surface area (Å²) in [6.07, 6.45) is 11.5. The van der Waals surface area contributed by atoms with Crippen molar-refractivity contribution >= 4 is 11.6 Å². The minimum Gasteiger partial charge on any atom is -0.299 e. The summed E-state index contributed by atoms with van der Waals surface area (Å²) in [7, 11) is 0. The Balaban J connectivity index is 1.84. The molecule has 1 spiro atoms. The summed E-state index contributed by atoms with van der Waals surface area (Å²) < 4.78 is 0. The van der Waals surface area contributed by atoms with E-state index in [4.69, 9.17) is 0 Å². The quantitative estimate of drug-likeness (QED) is 0.701. The van der Waals surface area contributed by atoms with Gasteiger partial charge in [-0.1, -0.05) is 40.0 Å². The summed E-state index contributed by atoms with van der Waals surface area (Å²) in [6, 6.07) is 0.